The van der Waals surface area contributed by atoms with Gasteiger partial charge in [0, 0.05) is 64.1 Å². The molecule has 0 radical (unpaired) electrons. The van der Waals surface area contributed by atoms with Crippen molar-refractivity contribution < 1.29 is 9.13 Å². The van der Waals surface area contributed by atoms with Crippen molar-refractivity contribution in [2.24, 2.45) is 7.05 Å². The standard InChI is InChI=1S/C24H28FN5O/c1-28-11-6-8-19(28)16-29-14-10-22-21(17-29)23(31-20-9-5-7-18(25)15-20)27-24(26-22)30-12-3-2-4-13-30/h5-9,11,15H,2-4,10,12-14,16-17H2,1H3. The molecular weight excluding hydrogens is 393 g/mol. The van der Waals surface area contributed by atoms with Crippen molar-refractivity contribution in [3.63, 3.8) is 0 Å². The van der Waals surface area contributed by atoms with Crippen molar-refractivity contribution in [2.75, 3.05) is 24.5 Å². The first-order valence-electron chi connectivity index (χ1n) is 11.1. The number of nitrogens with zero attached hydrogens (tertiary/aromatic N) is 5. The molecule has 0 amide bonds. The number of piperidine rings is 1. The molecule has 0 aliphatic carbocycles. The van der Waals surface area contributed by atoms with Crippen LogP contribution in [0.3, 0.4) is 0 Å². The first-order valence-corrected chi connectivity index (χ1v) is 11.1. The van der Waals surface area contributed by atoms with Crippen LogP contribution in [0.4, 0.5) is 10.3 Å². The highest BCUT2D eigenvalue weighted by Crippen LogP contribution is 2.32. The summed E-state index contributed by atoms with van der Waals surface area (Å²) in [6.45, 7) is 4.45. The molecular formula is C24H28FN5O. The molecule has 162 valence electrons. The Kier molecular flexibility index (Phi) is 5.59. The largest absolute Gasteiger partial charge is 0.438 e. The summed E-state index contributed by atoms with van der Waals surface area (Å²) < 4.78 is 22.1. The molecule has 2 aromatic heterocycles. The van der Waals surface area contributed by atoms with Crippen LogP contribution in [0.2, 0.25) is 0 Å². The lowest BCUT2D eigenvalue weighted by Gasteiger charge is -2.32. The fraction of sp³-hybridized carbons (Fsp3) is 0.417. The van der Waals surface area contributed by atoms with Gasteiger partial charge >= 0.3 is 0 Å². The lowest BCUT2D eigenvalue weighted by Crippen LogP contribution is -2.34. The summed E-state index contributed by atoms with van der Waals surface area (Å²) in [5.41, 5.74) is 3.32. The van der Waals surface area contributed by atoms with Crippen LogP contribution >= 0.6 is 0 Å². The Labute approximate surface area is 182 Å². The molecule has 3 aromatic rings. The Morgan fingerprint density at radius 2 is 1.90 bits per heavy atom. The lowest BCUT2D eigenvalue weighted by atomic mass is 10.1. The molecule has 6 nitrogen and oxygen atoms in total. The van der Waals surface area contributed by atoms with Crippen molar-refractivity contribution >= 4 is 5.95 Å². The number of anilines is 1. The molecule has 2 aliphatic rings. The maximum Gasteiger partial charge on any atom is 0.228 e. The number of hydrogen-bond donors (Lipinski definition) is 0. The molecule has 1 saturated heterocycles. The number of rotatable bonds is 5. The topological polar surface area (TPSA) is 46.4 Å². The highest BCUT2D eigenvalue weighted by atomic mass is 19.1. The Morgan fingerprint density at radius 3 is 2.68 bits per heavy atom. The summed E-state index contributed by atoms with van der Waals surface area (Å²) in [6, 6.07) is 10.5. The van der Waals surface area contributed by atoms with Crippen LogP contribution in [-0.4, -0.2) is 39.1 Å². The first-order chi connectivity index (χ1) is 15.2. The zero-order valence-electron chi connectivity index (χ0n) is 17.9. The number of ether oxygens (including phenoxy) is 1. The van der Waals surface area contributed by atoms with E-state index >= 15 is 0 Å². The third kappa shape index (κ3) is 4.42. The molecule has 0 saturated carbocycles. The molecule has 0 unspecified atom stereocenters. The summed E-state index contributed by atoms with van der Waals surface area (Å²) in [6.07, 6.45) is 6.49. The van der Waals surface area contributed by atoms with E-state index in [9.17, 15) is 4.39 Å². The average molecular weight is 422 g/mol. The summed E-state index contributed by atoms with van der Waals surface area (Å²) in [4.78, 5) is 14.4. The van der Waals surface area contributed by atoms with Crippen molar-refractivity contribution in [3.8, 4) is 11.6 Å². The second-order valence-corrected chi connectivity index (χ2v) is 8.43. The number of aryl methyl sites for hydroxylation is 1. The van der Waals surface area contributed by atoms with Crippen molar-refractivity contribution in [3.05, 3.63) is 65.4 Å². The molecule has 1 fully saturated rings. The Hall–Kier alpha value is -2.93. The van der Waals surface area contributed by atoms with Gasteiger partial charge in [-0.05, 0) is 43.5 Å². The molecule has 4 heterocycles. The van der Waals surface area contributed by atoms with E-state index in [1.165, 1.54) is 24.2 Å². The van der Waals surface area contributed by atoms with Gasteiger partial charge in [0.05, 0.1) is 11.3 Å². The summed E-state index contributed by atoms with van der Waals surface area (Å²) in [5.74, 6) is 1.43. The monoisotopic (exact) mass is 421 g/mol. The minimum Gasteiger partial charge on any atom is -0.438 e. The van der Waals surface area contributed by atoms with E-state index in [-0.39, 0.29) is 5.82 Å². The Bertz CT molecular complexity index is 1060. The molecule has 5 rings (SSSR count). The van der Waals surface area contributed by atoms with Crippen LogP contribution in [0.5, 0.6) is 11.6 Å². The molecule has 0 N–H and O–H groups in total. The zero-order chi connectivity index (χ0) is 21.2. The van der Waals surface area contributed by atoms with Crippen LogP contribution in [0.1, 0.15) is 36.2 Å². The van der Waals surface area contributed by atoms with E-state index in [1.54, 1.807) is 12.1 Å². The van der Waals surface area contributed by atoms with Crippen molar-refractivity contribution in [1.29, 1.82) is 0 Å². The van der Waals surface area contributed by atoms with Gasteiger partial charge in [-0.15, -0.1) is 0 Å². The fourth-order valence-electron chi connectivity index (χ4n) is 4.41. The van der Waals surface area contributed by atoms with Gasteiger partial charge in [0.25, 0.3) is 0 Å². The Balaban J connectivity index is 1.46. The van der Waals surface area contributed by atoms with E-state index in [0.717, 1.165) is 62.6 Å². The SMILES string of the molecule is Cn1cccc1CN1CCc2nc(N3CCCCC3)nc(Oc3cccc(F)c3)c2C1. The van der Waals surface area contributed by atoms with Crippen LogP contribution < -0.4 is 9.64 Å². The van der Waals surface area contributed by atoms with Gasteiger partial charge in [-0.2, -0.15) is 4.98 Å². The second-order valence-electron chi connectivity index (χ2n) is 8.43. The average Bonchev–Trinajstić information content (AvgIpc) is 3.19. The normalized spacial score (nSPS) is 16.9. The zero-order valence-corrected chi connectivity index (χ0v) is 17.9. The predicted octanol–water partition coefficient (Wildman–Crippen LogP) is 4.30. The van der Waals surface area contributed by atoms with E-state index in [0.29, 0.717) is 18.2 Å². The van der Waals surface area contributed by atoms with Crippen LogP contribution in [-0.2, 0) is 26.6 Å². The number of fused-ring (bicyclic) bond motifs is 1. The minimum absolute atomic E-state index is 0.318. The van der Waals surface area contributed by atoms with Gasteiger partial charge in [0.2, 0.25) is 11.8 Å². The van der Waals surface area contributed by atoms with Crippen LogP contribution in [0.15, 0.2) is 42.6 Å². The smallest absolute Gasteiger partial charge is 0.228 e. The quantitative estimate of drug-likeness (QED) is 0.615. The van der Waals surface area contributed by atoms with Crippen LogP contribution in [0, 0.1) is 5.82 Å². The highest BCUT2D eigenvalue weighted by Gasteiger charge is 2.26. The first kappa shape index (κ1) is 20.0. The number of hydrogen-bond acceptors (Lipinski definition) is 5. The molecule has 0 spiro atoms. The van der Waals surface area contributed by atoms with Crippen molar-refractivity contribution in [1.82, 2.24) is 19.4 Å². The van der Waals surface area contributed by atoms with Gasteiger partial charge in [-0.1, -0.05) is 6.07 Å². The van der Waals surface area contributed by atoms with Gasteiger partial charge < -0.3 is 14.2 Å². The second kappa shape index (κ2) is 8.67. The van der Waals surface area contributed by atoms with E-state index < -0.39 is 0 Å². The van der Waals surface area contributed by atoms with Crippen molar-refractivity contribution in [2.45, 2.75) is 38.8 Å². The summed E-state index contributed by atoms with van der Waals surface area (Å²) in [7, 11) is 2.07. The predicted molar refractivity (Wildman–Crippen MR) is 118 cm³/mol. The third-order valence-corrected chi connectivity index (χ3v) is 6.18. The number of aromatic nitrogens is 3. The molecule has 7 heteroatoms. The lowest BCUT2D eigenvalue weighted by molar-refractivity contribution is 0.233. The summed E-state index contributed by atoms with van der Waals surface area (Å²) >= 11 is 0. The highest BCUT2D eigenvalue weighted by molar-refractivity contribution is 5.43. The summed E-state index contributed by atoms with van der Waals surface area (Å²) in [5, 5.41) is 0. The van der Waals surface area contributed by atoms with Gasteiger partial charge in [-0.3, -0.25) is 4.90 Å². The van der Waals surface area contributed by atoms with E-state index in [4.69, 9.17) is 14.7 Å². The number of halogens is 1. The molecule has 1 aromatic carbocycles. The van der Waals surface area contributed by atoms with Gasteiger partial charge in [0.15, 0.2) is 0 Å². The fourth-order valence-corrected chi connectivity index (χ4v) is 4.41. The molecule has 0 atom stereocenters. The van der Waals surface area contributed by atoms with Crippen LogP contribution in [0.25, 0.3) is 0 Å². The van der Waals surface area contributed by atoms with E-state index in [2.05, 4.69) is 39.7 Å². The maximum atomic E-state index is 13.8. The van der Waals surface area contributed by atoms with Gasteiger partial charge in [-0.25, -0.2) is 9.37 Å². The van der Waals surface area contributed by atoms with E-state index in [1.807, 2.05) is 0 Å². The molecule has 31 heavy (non-hydrogen) atoms. The third-order valence-electron chi connectivity index (χ3n) is 6.18. The maximum absolute atomic E-state index is 13.8. The number of benzene rings is 1. The molecule has 0 bridgehead atoms. The minimum atomic E-state index is -0.318. The Morgan fingerprint density at radius 1 is 1.03 bits per heavy atom. The van der Waals surface area contributed by atoms with Gasteiger partial charge in [0.1, 0.15) is 11.6 Å². The molecule has 2 aliphatic heterocycles.